The molecule has 0 fully saturated rings. The van der Waals surface area contributed by atoms with Crippen LogP contribution < -0.4 is 0 Å². The molecular weight excluding hydrogens is 170 g/mol. The maximum atomic E-state index is 5.29. The first-order chi connectivity index (χ1) is 5.73. The van der Waals surface area contributed by atoms with E-state index >= 15 is 0 Å². The zero-order valence-electron chi connectivity index (χ0n) is 7.57. The second kappa shape index (κ2) is 3.69. The van der Waals surface area contributed by atoms with E-state index in [4.69, 9.17) is 9.47 Å². The number of rotatable bonds is 2. The van der Waals surface area contributed by atoms with E-state index in [0.717, 1.165) is 16.0 Å². The van der Waals surface area contributed by atoms with Gasteiger partial charge in [-0.05, 0) is 12.2 Å². The predicted molar refractivity (Wildman–Crippen MR) is 52.4 cm³/mol. The van der Waals surface area contributed by atoms with Gasteiger partial charge in [-0.15, -0.1) is 0 Å². The summed E-state index contributed by atoms with van der Waals surface area (Å²) in [5.41, 5.74) is 0. The van der Waals surface area contributed by atoms with Crippen molar-refractivity contribution in [3.05, 3.63) is 24.0 Å². The van der Waals surface area contributed by atoms with Crippen molar-refractivity contribution in [3.63, 3.8) is 0 Å². The molecule has 0 amide bonds. The standard InChI is InChI=1S/C8H13NO2Si/c1-10-7-5-3-4-6-9-8(7,12)11-2/h3-6H,1-2,12H3. The molecule has 1 unspecified atom stereocenters. The van der Waals surface area contributed by atoms with E-state index in [1.807, 2.05) is 18.2 Å². The van der Waals surface area contributed by atoms with Crippen LogP contribution in [0.5, 0.6) is 0 Å². The lowest BCUT2D eigenvalue weighted by Gasteiger charge is -2.24. The van der Waals surface area contributed by atoms with Gasteiger partial charge < -0.3 is 9.47 Å². The molecule has 0 aromatic rings. The first kappa shape index (κ1) is 9.22. The van der Waals surface area contributed by atoms with E-state index in [0.29, 0.717) is 0 Å². The third kappa shape index (κ3) is 1.65. The zero-order valence-corrected chi connectivity index (χ0v) is 9.57. The Morgan fingerprint density at radius 1 is 1.42 bits per heavy atom. The summed E-state index contributed by atoms with van der Waals surface area (Å²) in [6.45, 7) is 0. The monoisotopic (exact) mass is 183 g/mol. The molecule has 1 aliphatic rings. The molecule has 1 atom stereocenters. The largest absolute Gasteiger partial charge is 0.496 e. The summed E-state index contributed by atoms with van der Waals surface area (Å²) >= 11 is 0. The van der Waals surface area contributed by atoms with Gasteiger partial charge >= 0.3 is 0 Å². The highest BCUT2D eigenvalue weighted by atomic mass is 28.1. The Morgan fingerprint density at radius 3 is 2.75 bits per heavy atom. The van der Waals surface area contributed by atoms with Gasteiger partial charge in [-0.25, -0.2) is 0 Å². The van der Waals surface area contributed by atoms with Gasteiger partial charge in [0.1, 0.15) is 5.76 Å². The molecule has 0 aromatic heterocycles. The quantitative estimate of drug-likeness (QED) is 0.556. The van der Waals surface area contributed by atoms with Gasteiger partial charge in [0.2, 0.25) is 0 Å². The number of methoxy groups -OCH3 is 2. The Bertz CT molecular complexity index is 247. The number of hydrogen-bond acceptors (Lipinski definition) is 3. The van der Waals surface area contributed by atoms with Crippen LogP contribution in [0.1, 0.15) is 0 Å². The summed E-state index contributed by atoms with van der Waals surface area (Å²) < 4.78 is 10.5. The lowest BCUT2D eigenvalue weighted by Crippen LogP contribution is -2.32. The molecule has 0 aromatic carbocycles. The molecule has 0 bridgehead atoms. The van der Waals surface area contributed by atoms with Crippen molar-refractivity contribution in [2.45, 2.75) is 5.35 Å². The van der Waals surface area contributed by atoms with E-state index in [2.05, 4.69) is 4.99 Å². The molecule has 66 valence electrons. The molecule has 0 radical (unpaired) electrons. The summed E-state index contributed by atoms with van der Waals surface area (Å²) in [6.07, 6.45) is 7.36. The van der Waals surface area contributed by atoms with E-state index in [1.165, 1.54) is 0 Å². The highest BCUT2D eigenvalue weighted by molar-refractivity contribution is 6.17. The predicted octanol–water partition coefficient (Wildman–Crippen LogP) is -0.177. The van der Waals surface area contributed by atoms with Crippen LogP contribution in [0.3, 0.4) is 0 Å². The molecular formula is C8H13NO2Si. The summed E-state index contributed by atoms with van der Waals surface area (Å²) in [5.74, 6) is 0.765. The van der Waals surface area contributed by atoms with Crippen molar-refractivity contribution in [2.24, 2.45) is 4.99 Å². The van der Waals surface area contributed by atoms with E-state index in [-0.39, 0.29) is 0 Å². The molecule has 0 spiro atoms. The molecule has 0 N–H and O–H groups in total. The summed E-state index contributed by atoms with van der Waals surface area (Å²) in [5, 5.41) is -0.543. The Hall–Kier alpha value is -0.873. The van der Waals surface area contributed by atoms with E-state index < -0.39 is 5.35 Å². The summed E-state index contributed by atoms with van der Waals surface area (Å²) in [6, 6.07) is 0. The number of allylic oxidation sites excluding steroid dienone is 3. The average molecular weight is 183 g/mol. The number of ether oxygens (including phenoxy) is 2. The molecule has 12 heavy (non-hydrogen) atoms. The fourth-order valence-electron chi connectivity index (χ4n) is 1.01. The smallest absolute Gasteiger partial charge is 0.188 e. The van der Waals surface area contributed by atoms with Gasteiger partial charge in [0.15, 0.2) is 5.35 Å². The van der Waals surface area contributed by atoms with Gasteiger partial charge in [-0.3, -0.25) is 4.99 Å². The fourth-order valence-corrected chi connectivity index (χ4v) is 1.53. The second-order valence-corrected chi connectivity index (χ2v) is 3.94. The molecule has 1 aliphatic heterocycles. The molecule has 0 saturated heterocycles. The van der Waals surface area contributed by atoms with Crippen LogP contribution in [0.2, 0.25) is 0 Å². The van der Waals surface area contributed by atoms with Crippen LogP contribution in [-0.2, 0) is 9.47 Å². The van der Waals surface area contributed by atoms with Crippen LogP contribution in [-0.4, -0.2) is 36.0 Å². The van der Waals surface area contributed by atoms with E-state index in [1.54, 1.807) is 20.4 Å². The van der Waals surface area contributed by atoms with Crippen molar-refractivity contribution < 1.29 is 9.47 Å². The van der Waals surface area contributed by atoms with Gasteiger partial charge in [-0.2, -0.15) is 0 Å². The maximum absolute atomic E-state index is 5.29. The SMILES string of the molecule is COC1=CC=CC=NC1([SiH3])OC. The Kier molecular flexibility index (Phi) is 2.83. The topological polar surface area (TPSA) is 30.8 Å². The maximum Gasteiger partial charge on any atom is 0.188 e. The number of hydrogen-bond donors (Lipinski definition) is 0. The molecule has 1 heterocycles. The van der Waals surface area contributed by atoms with Crippen molar-refractivity contribution in [1.29, 1.82) is 0 Å². The fraction of sp³-hybridized carbons (Fsp3) is 0.375. The van der Waals surface area contributed by atoms with Gasteiger partial charge in [0.05, 0.1) is 17.4 Å². The summed E-state index contributed by atoms with van der Waals surface area (Å²) in [7, 11) is 4.04. The highest BCUT2D eigenvalue weighted by Gasteiger charge is 2.28. The van der Waals surface area contributed by atoms with Crippen LogP contribution in [0, 0.1) is 0 Å². The van der Waals surface area contributed by atoms with Crippen molar-refractivity contribution >= 4 is 16.5 Å². The minimum Gasteiger partial charge on any atom is -0.496 e. The van der Waals surface area contributed by atoms with Crippen molar-refractivity contribution in [3.8, 4) is 0 Å². The van der Waals surface area contributed by atoms with Crippen molar-refractivity contribution in [2.75, 3.05) is 14.2 Å². The average Bonchev–Trinajstić information content (AvgIpc) is 2.28. The third-order valence-electron chi connectivity index (χ3n) is 1.84. The molecule has 1 rings (SSSR count). The van der Waals surface area contributed by atoms with Crippen LogP contribution in [0.15, 0.2) is 29.0 Å². The first-order valence-electron chi connectivity index (χ1n) is 3.75. The van der Waals surface area contributed by atoms with E-state index in [9.17, 15) is 0 Å². The van der Waals surface area contributed by atoms with Crippen LogP contribution in [0.4, 0.5) is 0 Å². The van der Waals surface area contributed by atoms with Gasteiger partial charge in [0.25, 0.3) is 0 Å². The molecule has 4 heteroatoms. The minimum absolute atomic E-state index is 0.543. The van der Waals surface area contributed by atoms with Crippen molar-refractivity contribution in [1.82, 2.24) is 0 Å². The second-order valence-electron chi connectivity index (χ2n) is 2.59. The summed E-state index contributed by atoms with van der Waals surface area (Å²) in [4.78, 5) is 4.26. The van der Waals surface area contributed by atoms with Crippen LogP contribution in [0.25, 0.3) is 0 Å². The zero-order chi connectivity index (χ0) is 9.03. The Morgan fingerprint density at radius 2 is 2.17 bits per heavy atom. The third-order valence-corrected chi connectivity index (χ3v) is 3.00. The number of aliphatic imine (C=N–C) groups is 1. The normalized spacial score (nSPS) is 28.3. The highest BCUT2D eigenvalue weighted by Crippen LogP contribution is 2.20. The lowest BCUT2D eigenvalue weighted by atomic mass is 10.4. The molecule has 0 aliphatic carbocycles. The van der Waals surface area contributed by atoms with Gasteiger partial charge in [0, 0.05) is 13.3 Å². The Labute approximate surface area is 75.2 Å². The minimum atomic E-state index is -0.543. The van der Waals surface area contributed by atoms with Crippen LogP contribution >= 0.6 is 0 Å². The van der Waals surface area contributed by atoms with Gasteiger partial charge in [-0.1, -0.05) is 6.08 Å². The molecule has 0 saturated carbocycles. The molecule has 3 nitrogen and oxygen atoms in total. The first-order valence-corrected chi connectivity index (χ1v) is 4.75. The lowest BCUT2D eigenvalue weighted by molar-refractivity contribution is 0.0523. The Balaban J connectivity index is 2.98. The number of nitrogens with zero attached hydrogens (tertiary/aromatic N) is 1.